The summed E-state index contributed by atoms with van der Waals surface area (Å²) in [6.45, 7) is 0. The molecule has 0 saturated heterocycles. The van der Waals surface area contributed by atoms with Gasteiger partial charge in [0, 0.05) is 3.92 Å². The zero-order chi connectivity index (χ0) is 4.57. The Kier molecular flexibility index (Phi) is 1.31. The molecule has 0 bridgehead atoms. The van der Waals surface area contributed by atoms with Crippen LogP contribution >= 0.6 is 22.6 Å². The van der Waals surface area contributed by atoms with Gasteiger partial charge in [-0.25, -0.2) is 4.39 Å². The van der Waals surface area contributed by atoms with Crippen molar-refractivity contribution in [3.63, 3.8) is 0 Å². The molecular formula is C4H6FI. The summed E-state index contributed by atoms with van der Waals surface area (Å²) in [5.74, 6) is 0. The van der Waals surface area contributed by atoms with Crippen LogP contribution in [-0.2, 0) is 0 Å². The molecule has 6 heavy (non-hydrogen) atoms. The largest absolute Gasteiger partial charge is 0.247 e. The Morgan fingerprint density at radius 1 is 1.50 bits per heavy atom. The van der Waals surface area contributed by atoms with E-state index in [2.05, 4.69) is 22.6 Å². The van der Waals surface area contributed by atoms with Crippen molar-refractivity contribution in [2.45, 2.75) is 22.9 Å². The van der Waals surface area contributed by atoms with Gasteiger partial charge < -0.3 is 0 Å². The molecule has 0 atom stereocenters. The highest BCUT2D eigenvalue weighted by molar-refractivity contribution is 14.1. The fourth-order valence-corrected chi connectivity index (χ4v) is 1.59. The van der Waals surface area contributed by atoms with Gasteiger partial charge in [-0.05, 0) is 12.8 Å². The predicted molar refractivity (Wildman–Crippen MR) is 31.9 cm³/mol. The topological polar surface area (TPSA) is 0 Å². The lowest BCUT2D eigenvalue weighted by molar-refractivity contribution is 0.226. The Bertz CT molecular complexity index is 43.5. The van der Waals surface area contributed by atoms with Crippen molar-refractivity contribution >= 4 is 22.6 Å². The minimum Gasteiger partial charge on any atom is -0.247 e. The zero-order valence-corrected chi connectivity index (χ0v) is 5.48. The van der Waals surface area contributed by atoms with Gasteiger partial charge in [0.05, 0.1) is 0 Å². The van der Waals surface area contributed by atoms with E-state index in [1.807, 2.05) is 0 Å². The van der Waals surface area contributed by atoms with E-state index in [0.29, 0.717) is 3.92 Å². The van der Waals surface area contributed by atoms with Crippen molar-refractivity contribution in [2.75, 3.05) is 0 Å². The van der Waals surface area contributed by atoms with E-state index in [4.69, 9.17) is 0 Å². The second-order valence-electron chi connectivity index (χ2n) is 1.67. The molecule has 0 heterocycles. The first kappa shape index (κ1) is 4.81. The Balaban J connectivity index is 2.11. The van der Waals surface area contributed by atoms with Crippen LogP contribution in [-0.4, -0.2) is 10.1 Å². The van der Waals surface area contributed by atoms with Crippen molar-refractivity contribution in [1.29, 1.82) is 0 Å². The molecule has 0 aromatic heterocycles. The van der Waals surface area contributed by atoms with Crippen molar-refractivity contribution in [2.24, 2.45) is 0 Å². The Morgan fingerprint density at radius 2 is 2.00 bits per heavy atom. The first-order valence-electron chi connectivity index (χ1n) is 2.07. The summed E-state index contributed by atoms with van der Waals surface area (Å²) < 4.78 is 12.4. The molecule has 1 rings (SSSR count). The van der Waals surface area contributed by atoms with Crippen molar-refractivity contribution in [3.8, 4) is 0 Å². The molecule has 0 nitrogen and oxygen atoms in total. The SMILES string of the molecule is FC1CC(I)C1. The highest BCUT2D eigenvalue weighted by Gasteiger charge is 2.25. The minimum atomic E-state index is -0.466. The van der Waals surface area contributed by atoms with E-state index in [0.717, 1.165) is 12.8 Å². The molecule has 1 fully saturated rings. The van der Waals surface area contributed by atoms with Crippen LogP contribution in [0.25, 0.3) is 0 Å². The molecule has 0 radical (unpaired) electrons. The highest BCUT2D eigenvalue weighted by Crippen LogP contribution is 2.29. The van der Waals surface area contributed by atoms with E-state index in [9.17, 15) is 4.39 Å². The summed E-state index contributed by atoms with van der Waals surface area (Å²) in [7, 11) is 0. The first-order chi connectivity index (χ1) is 2.79. The summed E-state index contributed by atoms with van der Waals surface area (Å²) in [5, 5.41) is 0. The molecular weight excluding hydrogens is 194 g/mol. The lowest BCUT2D eigenvalue weighted by Crippen LogP contribution is -2.23. The molecule has 0 amide bonds. The molecule has 0 aliphatic heterocycles. The summed E-state index contributed by atoms with van der Waals surface area (Å²) in [6.07, 6.45) is 1.12. The fraction of sp³-hybridized carbons (Fsp3) is 1.00. The van der Waals surface area contributed by atoms with E-state index in [-0.39, 0.29) is 0 Å². The van der Waals surface area contributed by atoms with E-state index < -0.39 is 6.17 Å². The lowest BCUT2D eigenvalue weighted by atomic mass is 9.98. The Labute approximate surface area is 50.3 Å². The minimum absolute atomic E-state index is 0.466. The molecule has 2 heteroatoms. The van der Waals surface area contributed by atoms with E-state index in [1.54, 1.807) is 0 Å². The monoisotopic (exact) mass is 200 g/mol. The maximum Gasteiger partial charge on any atom is 0.102 e. The maximum atomic E-state index is 11.8. The normalized spacial score (nSPS) is 45.0. The quantitative estimate of drug-likeness (QED) is 0.414. The third kappa shape index (κ3) is 0.832. The Morgan fingerprint density at radius 3 is 2.00 bits per heavy atom. The van der Waals surface area contributed by atoms with Gasteiger partial charge in [0.1, 0.15) is 6.17 Å². The zero-order valence-electron chi connectivity index (χ0n) is 3.32. The van der Waals surface area contributed by atoms with Crippen LogP contribution < -0.4 is 0 Å². The molecule has 0 unspecified atom stereocenters. The summed E-state index contributed by atoms with van der Waals surface area (Å²) in [5.41, 5.74) is 0. The highest BCUT2D eigenvalue weighted by atomic mass is 127. The van der Waals surface area contributed by atoms with E-state index >= 15 is 0 Å². The van der Waals surface area contributed by atoms with Gasteiger partial charge in [-0.1, -0.05) is 22.6 Å². The fourth-order valence-electron chi connectivity index (χ4n) is 0.486. The third-order valence-corrected chi connectivity index (χ3v) is 2.04. The van der Waals surface area contributed by atoms with Gasteiger partial charge in [-0.3, -0.25) is 0 Å². The predicted octanol–water partition coefficient (Wildman–Crippen LogP) is 1.92. The number of alkyl halides is 2. The molecule has 0 aromatic carbocycles. The average Bonchev–Trinajstić information content (AvgIpc) is 1.33. The van der Waals surface area contributed by atoms with Crippen LogP contribution in [0.2, 0.25) is 0 Å². The summed E-state index contributed by atoms with van der Waals surface area (Å²) >= 11 is 2.27. The molecule has 1 aliphatic rings. The number of halogens is 2. The second-order valence-corrected chi connectivity index (χ2v) is 3.43. The number of hydrogen-bond donors (Lipinski definition) is 0. The molecule has 0 aromatic rings. The smallest absolute Gasteiger partial charge is 0.102 e. The number of hydrogen-bond acceptors (Lipinski definition) is 0. The molecule has 0 spiro atoms. The standard InChI is InChI=1S/C4H6FI/c5-3-1-4(6)2-3/h3-4H,1-2H2. The second kappa shape index (κ2) is 1.64. The van der Waals surface area contributed by atoms with Gasteiger partial charge in [-0.15, -0.1) is 0 Å². The lowest BCUT2D eigenvalue weighted by Gasteiger charge is -2.23. The van der Waals surface area contributed by atoms with Crippen LogP contribution in [0.15, 0.2) is 0 Å². The molecule has 0 N–H and O–H groups in total. The Hall–Kier alpha value is 0.660. The van der Waals surface area contributed by atoms with Crippen molar-refractivity contribution in [3.05, 3.63) is 0 Å². The first-order valence-corrected chi connectivity index (χ1v) is 3.32. The van der Waals surface area contributed by atoms with Crippen LogP contribution in [0.4, 0.5) is 4.39 Å². The molecule has 36 valence electrons. The average molecular weight is 200 g/mol. The molecule has 1 saturated carbocycles. The molecule has 1 aliphatic carbocycles. The van der Waals surface area contributed by atoms with Crippen LogP contribution in [0, 0.1) is 0 Å². The van der Waals surface area contributed by atoms with Gasteiger partial charge in [0.2, 0.25) is 0 Å². The van der Waals surface area contributed by atoms with Gasteiger partial charge in [-0.2, -0.15) is 0 Å². The van der Waals surface area contributed by atoms with E-state index in [1.165, 1.54) is 0 Å². The van der Waals surface area contributed by atoms with Crippen molar-refractivity contribution < 1.29 is 4.39 Å². The maximum absolute atomic E-state index is 11.8. The van der Waals surface area contributed by atoms with Gasteiger partial charge >= 0.3 is 0 Å². The van der Waals surface area contributed by atoms with Crippen LogP contribution in [0.1, 0.15) is 12.8 Å². The van der Waals surface area contributed by atoms with Crippen LogP contribution in [0.3, 0.4) is 0 Å². The van der Waals surface area contributed by atoms with Gasteiger partial charge in [0.15, 0.2) is 0 Å². The third-order valence-electron chi connectivity index (χ3n) is 1.02. The van der Waals surface area contributed by atoms with Crippen molar-refractivity contribution in [1.82, 2.24) is 0 Å². The number of rotatable bonds is 0. The van der Waals surface area contributed by atoms with Gasteiger partial charge in [0.25, 0.3) is 0 Å². The summed E-state index contributed by atoms with van der Waals surface area (Å²) in [6, 6.07) is 0. The summed E-state index contributed by atoms with van der Waals surface area (Å²) in [4.78, 5) is 0. The van der Waals surface area contributed by atoms with Crippen LogP contribution in [0.5, 0.6) is 0 Å².